The Kier molecular flexibility index (Phi) is 10.1. The number of fused-ring (bicyclic) bond motifs is 1. The van der Waals surface area contributed by atoms with Crippen molar-refractivity contribution in [2.45, 2.75) is 24.6 Å². The highest BCUT2D eigenvalue weighted by atomic mass is 16.7. The molecule has 0 unspecified atom stereocenters. The van der Waals surface area contributed by atoms with Crippen LogP contribution in [0.25, 0.3) is 34.4 Å². The number of esters is 2. The van der Waals surface area contributed by atoms with Crippen molar-refractivity contribution in [1.82, 2.24) is 0 Å². The third kappa shape index (κ3) is 7.99. The Morgan fingerprint density at radius 2 is 1.29 bits per heavy atom. The van der Waals surface area contributed by atoms with Gasteiger partial charge in [0.1, 0.15) is 58.5 Å². The van der Waals surface area contributed by atoms with Crippen LogP contribution in [0, 0.1) is 0 Å². The average Bonchev–Trinajstić information content (AvgIpc) is 3.40. The summed E-state index contributed by atoms with van der Waals surface area (Å²) in [6.45, 7) is -0.547. The summed E-state index contributed by atoms with van der Waals surface area (Å²) in [5, 5.41) is 60.3. The van der Waals surface area contributed by atoms with Gasteiger partial charge in [-0.25, -0.2) is 9.59 Å². The Hall–Kier alpha value is -6.77. The Morgan fingerprint density at radius 1 is 0.731 bits per heavy atom. The van der Waals surface area contributed by atoms with Crippen LogP contribution in [0.1, 0.15) is 11.1 Å². The van der Waals surface area contributed by atoms with Gasteiger partial charge in [-0.15, -0.1) is 0 Å². The molecule has 0 aliphatic carbocycles. The Balaban J connectivity index is 1.30. The molecule has 6 rings (SSSR count). The maximum Gasteiger partial charge on any atom is 0.331 e. The second-order valence-electron chi connectivity index (χ2n) is 11.5. The smallest absolute Gasteiger partial charge is 0.331 e. The van der Waals surface area contributed by atoms with Crippen molar-refractivity contribution < 1.29 is 63.6 Å². The molecule has 1 aliphatic rings. The standard InChI is InChI=1S/C38H30O14/c39-23-9-1-20(2-10-23)5-15-30(44)48-19-29-33(46)37(51-31(45)16-6-21-3-11-24(40)12-4-21)38(50-29)52-36-34(47)32-27(43)17-26(42)18-28(32)49-35(36)22-7-13-25(41)14-8-22/h1-18,29,33,37-43,46H,19H2/b15-5+,16-6+/t29-,33-,37+,38-/m0/s1. The molecule has 14 nitrogen and oxygen atoms in total. The quantitative estimate of drug-likeness (QED) is 0.0877. The fraction of sp³-hybridized carbons (Fsp3) is 0.132. The molecule has 2 heterocycles. The summed E-state index contributed by atoms with van der Waals surface area (Å²) in [5.74, 6) is -3.63. The summed E-state index contributed by atoms with van der Waals surface area (Å²) in [6, 6.07) is 19.4. The van der Waals surface area contributed by atoms with Crippen LogP contribution in [0.5, 0.6) is 34.5 Å². The minimum atomic E-state index is -1.72. The first-order chi connectivity index (χ1) is 24.9. The van der Waals surface area contributed by atoms with E-state index in [2.05, 4.69) is 0 Å². The molecule has 52 heavy (non-hydrogen) atoms. The zero-order valence-electron chi connectivity index (χ0n) is 26.9. The van der Waals surface area contributed by atoms with Gasteiger partial charge >= 0.3 is 11.9 Å². The molecule has 0 amide bonds. The van der Waals surface area contributed by atoms with Gasteiger partial charge in [0, 0.05) is 29.8 Å². The molecule has 5 aromatic rings. The maximum absolute atomic E-state index is 13.9. The number of phenolic OH excluding ortho intramolecular Hbond substituents is 5. The molecule has 0 spiro atoms. The molecule has 266 valence electrons. The van der Waals surface area contributed by atoms with Gasteiger partial charge in [-0.05, 0) is 71.8 Å². The van der Waals surface area contributed by atoms with E-state index in [4.69, 9.17) is 23.4 Å². The van der Waals surface area contributed by atoms with Gasteiger partial charge in [-0.3, -0.25) is 4.79 Å². The first-order valence-electron chi connectivity index (χ1n) is 15.6. The summed E-state index contributed by atoms with van der Waals surface area (Å²) in [6.07, 6.45) is -1.36. The summed E-state index contributed by atoms with van der Waals surface area (Å²) >= 11 is 0. The van der Waals surface area contributed by atoms with Crippen molar-refractivity contribution in [3.63, 3.8) is 0 Å². The fourth-order valence-corrected chi connectivity index (χ4v) is 5.24. The number of benzene rings is 4. The number of hydrogen-bond donors (Lipinski definition) is 6. The normalized spacial score (nSPS) is 18.6. The molecular formula is C38H30O14. The predicted molar refractivity (Wildman–Crippen MR) is 183 cm³/mol. The topological polar surface area (TPSA) is 223 Å². The van der Waals surface area contributed by atoms with Crippen molar-refractivity contribution >= 4 is 35.1 Å². The maximum atomic E-state index is 13.9. The molecule has 4 atom stereocenters. The first-order valence-corrected chi connectivity index (χ1v) is 15.6. The monoisotopic (exact) mass is 710 g/mol. The SMILES string of the molecule is O=C(/C=C/c1ccc(O)cc1)OC[C@@H]1O[C@@H](Oc2c(-c3ccc(O)cc3)oc3cc(O)cc(O)c3c2=O)[C@H](OC(=O)/C=C/c2ccc(O)cc2)[C@H]1O. The van der Waals surface area contributed by atoms with E-state index in [-0.39, 0.29) is 39.5 Å². The Labute approximate surface area is 293 Å². The van der Waals surface area contributed by atoms with Gasteiger partial charge in [0.25, 0.3) is 0 Å². The summed E-state index contributed by atoms with van der Waals surface area (Å²) < 4.78 is 28.6. The minimum Gasteiger partial charge on any atom is -0.508 e. The van der Waals surface area contributed by atoms with Crippen molar-refractivity contribution in [2.24, 2.45) is 0 Å². The Bertz CT molecular complexity index is 2200. The molecule has 1 saturated heterocycles. The summed E-state index contributed by atoms with van der Waals surface area (Å²) in [4.78, 5) is 39.4. The number of carbonyl (C=O) groups excluding carboxylic acids is 2. The zero-order valence-corrected chi connectivity index (χ0v) is 26.9. The number of carbonyl (C=O) groups is 2. The van der Waals surface area contributed by atoms with E-state index >= 15 is 0 Å². The molecular weight excluding hydrogens is 680 g/mol. The van der Waals surface area contributed by atoms with Crippen molar-refractivity contribution in [2.75, 3.05) is 6.61 Å². The highest BCUT2D eigenvalue weighted by Gasteiger charge is 2.49. The number of hydrogen-bond acceptors (Lipinski definition) is 14. The molecule has 1 aromatic heterocycles. The highest BCUT2D eigenvalue weighted by molar-refractivity contribution is 5.89. The molecule has 1 aliphatic heterocycles. The van der Waals surface area contributed by atoms with Crippen LogP contribution in [-0.2, 0) is 23.8 Å². The van der Waals surface area contributed by atoms with Gasteiger partial charge in [0.15, 0.2) is 11.9 Å². The second-order valence-corrected chi connectivity index (χ2v) is 11.5. The van der Waals surface area contributed by atoms with E-state index in [9.17, 15) is 45.0 Å². The van der Waals surface area contributed by atoms with Crippen molar-refractivity contribution in [1.29, 1.82) is 0 Å². The van der Waals surface area contributed by atoms with Crippen LogP contribution in [0.4, 0.5) is 0 Å². The third-order valence-corrected chi connectivity index (χ3v) is 7.83. The van der Waals surface area contributed by atoms with Gasteiger partial charge in [-0.1, -0.05) is 24.3 Å². The largest absolute Gasteiger partial charge is 0.508 e. The van der Waals surface area contributed by atoms with Crippen LogP contribution >= 0.6 is 0 Å². The molecule has 0 bridgehead atoms. The van der Waals surface area contributed by atoms with Crippen LogP contribution in [0.15, 0.2) is 106 Å². The first kappa shape index (κ1) is 35.1. The number of phenols is 5. The van der Waals surface area contributed by atoms with E-state index < -0.39 is 65.8 Å². The number of aliphatic hydroxyl groups excluding tert-OH is 1. The van der Waals surface area contributed by atoms with E-state index in [1.165, 1.54) is 72.8 Å². The van der Waals surface area contributed by atoms with E-state index in [1.54, 1.807) is 12.1 Å². The van der Waals surface area contributed by atoms with Crippen molar-refractivity contribution in [3.8, 4) is 45.8 Å². The Morgan fingerprint density at radius 3 is 1.88 bits per heavy atom. The van der Waals surface area contributed by atoms with Gasteiger partial charge in [0.05, 0.1) is 0 Å². The van der Waals surface area contributed by atoms with E-state index in [0.717, 1.165) is 24.3 Å². The molecule has 6 N–H and O–H groups in total. The van der Waals surface area contributed by atoms with Crippen LogP contribution < -0.4 is 10.2 Å². The lowest BCUT2D eigenvalue weighted by molar-refractivity contribution is -0.163. The summed E-state index contributed by atoms with van der Waals surface area (Å²) in [7, 11) is 0. The molecule has 1 fully saturated rings. The lowest BCUT2D eigenvalue weighted by Crippen LogP contribution is -2.40. The van der Waals surface area contributed by atoms with E-state index in [1.807, 2.05) is 0 Å². The lowest BCUT2D eigenvalue weighted by Gasteiger charge is -2.22. The molecule has 4 aromatic carbocycles. The molecule has 0 saturated carbocycles. The average molecular weight is 711 g/mol. The van der Waals surface area contributed by atoms with Crippen LogP contribution in [-0.4, -0.2) is 73.8 Å². The van der Waals surface area contributed by atoms with Crippen LogP contribution in [0.3, 0.4) is 0 Å². The fourth-order valence-electron chi connectivity index (χ4n) is 5.24. The van der Waals surface area contributed by atoms with Gasteiger partial charge in [0.2, 0.25) is 17.5 Å². The van der Waals surface area contributed by atoms with Crippen molar-refractivity contribution in [3.05, 3.63) is 118 Å². The lowest BCUT2D eigenvalue weighted by atomic mass is 10.1. The molecule has 14 heteroatoms. The highest BCUT2D eigenvalue weighted by Crippen LogP contribution is 2.38. The number of aromatic hydroxyl groups is 5. The molecule has 0 radical (unpaired) electrons. The summed E-state index contributed by atoms with van der Waals surface area (Å²) in [5.41, 5.74) is 0.204. The van der Waals surface area contributed by atoms with E-state index in [0.29, 0.717) is 11.1 Å². The van der Waals surface area contributed by atoms with Gasteiger partial charge in [-0.2, -0.15) is 0 Å². The number of aliphatic hydroxyl groups is 1. The second kappa shape index (κ2) is 15.0. The predicted octanol–water partition coefficient (Wildman–Crippen LogP) is 4.33. The minimum absolute atomic E-state index is 0.0171. The zero-order chi connectivity index (χ0) is 36.9. The van der Waals surface area contributed by atoms with Gasteiger partial charge < -0.3 is 54.0 Å². The number of ether oxygens (including phenoxy) is 4. The number of rotatable bonds is 10. The van der Waals surface area contributed by atoms with Crippen LogP contribution in [0.2, 0.25) is 0 Å². The third-order valence-electron chi connectivity index (χ3n) is 7.83.